The molecule has 62 heavy (non-hydrogen) atoms. The van der Waals surface area contributed by atoms with Crippen LogP contribution < -0.4 is 20.1 Å². The molecule has 2 aromatic carbocycles. The van der Waals surface area contributed by atoms with E-state index < -0.39 is 47.9 Å². The molecule has 8 saturated heterocycles. The quantitative estimate of drug-likeness (QED) is 0.168. The van der Waals surface area contributed by atoms with Crippen molar-refractivity contribution in [3.8, 4) is 11.5 Å². The predicted octanol–water partition coefficient (Wildman–Crippen LogP) is 7.80. The van der Waals surface area contributed by atoms with Gasteiger partial charge in [-0.15, -0.1) is 0 Å². The second-order valence-corrected chi connectivity index (χ2v) is 20.1. The Morgan fingerprint density at radius 2 is 1.03 bits per heavy atom. The molecule has 4 bridgehead atoms. The summed E-state index contributed by atoms with van der Waals surface area (Å²) in [5.74, 6) is 0.755. The first-order valence-electron chi connectivity index (χ1n) is 23.3. The lowest BCUT2D eigenvalue weighted by molar-refractivity contribution is -0.575. The average Bonchev–Trinajstić information content (AvgIpc) is 3.64. The van der Waals surface area contributed by atoms with Crippen molar-refractivity contribution in [1.82, 2.24) is 10.6 Å². The monoisotopic (exact) mass is 860 g/mol. The van der Waals surface area contributed by atoms with Gasteiger partial charge in [-0.25, -0.2) is 19.6 Å². The topological polar surface area (TPSA) is 150 Å². The molecule has 2 aliphatic carbocycles. The van der Waals surface area contributed by atoms with E-state index in [0.717, 1.165) is 51.4 Å². The summed E-state index contributed by atoms with van der Waals surface area (Å²) >= 11 is 0. The van der Waals surface area contributed by atoms with Crippen LogP contribution in [0.4, 0.5) is 0 Å². The molecule has 0 radical (unpaired) electrons. The Balaban J connectivity index is 0.691. The lowest BCUT2D eigenvalue weighted by Crippen LogP contribution is -2.70. The second-order valence-electron chi connectivity index (χ2n) is 20.1. The van der Waals surface area contributed by atoms with Crippen LogP contribution in [0.2, 0.25) is 0 Å². The molecule has 14 nitrogen and oxygen atoms in total. The maximum absolute atomic E-state index is 13.2. The van der Waals surface area contributed by atoms with Crippen LogP contribution in [0, 0.1) is 47.3 Å². The van der Waals surface area contributed by atoms with Gasteiger partial charge in [-0.2, -0.15) is 0 Å². The van der Waals surface area contributed by atoms with Crippen LogP contribution in [-0.4, -0.2) is 72.8 Å². The van der Waals surface area contributed by atoms with Gasteiger partial charge in [0.2, 0.25) is 24.2 Å². The number of hydrogen-bond acceptors (Lipinski definition) is 12. The lowest BCUT2D eigenvalue weighted by atomic mass is 9.58. The highest BCUT2D eigenvalue weighted by Gasteiger charge is 2.71. The fraction of sp³-hybridized carbons (Fsp3) is 0.708. The van der Waals surface area contributed by atoms with Crippen LogP contribution in [0.15, 0.2) is 48.5 Å². The normalized spacial score (nSPS) is 43.9. The number of carbonyl (C=O) groups excluding carboxylic acids is 2. The molecule has 338 valence electrons. The Hall–Kier alpha value is -3.34. The minimum atomic E-state index is -0.863. The molecular weight excluding hydrogens is 797 g/mol. The van der Waals surface area contributed by atoms with E-state index in [1.54, 1.807) is 24.3 Å². The summed E-state index contributed by atoms with van der Waals surface area (Å²) in [6.07, 6.45) is 6.56. The Kier molecular flexibility index (Phi) is 11.2. The van der Waals surface area contributed by atoms with Crippen molar-refractivity contribution in [3.05, 3.63) is 59.7 Å². The van der Waals surface area contributed by atoms with Crippen LogP contribution in [0.25, 0.3) is 0 Å². The van der Waals surface area contributed by atoms with Crippen molar-refractivity contribution in [2.24, 2.45) is 47.3 Å². The maximum Gasteiger partial charge on any atom is 0.251 e. The van der Waals surface area contributed by atoms with Gasteiger partial charge in [-0.1, -0.05) is 39.8 Å². The highest BCUT2D eigenvalue weighted by molar-refractivity contribution is 5.95. The first-order valence-corrected chi connectivity index (χ1v) is 23.3. The Labute approximate surface area is 364 Å². The molecule has 12 rings (SSSR count). The molecule has 2 N–H and O–H groups in total. The van der Waals surface area contributed by atoms with E-state index >= 15 is 0 Å². The van der Waals surface area contributed by atoms with Crippen LogP contribution in [-0.2, 0) is 38.5 Å². The number of carbonyl (C=O) groups is 2. The van der Waals surface area contributed by atoms with Gasteiger partial charge in [-0.05, 0) is 125 Å². The summed E-state index contributed by atoms with van der Waals surface area (Å²) in [6.45, 7) is 13.6. The summed E-state index contributed by atoms with van der Waals surface area (Å²) in [7, 11) is 0. The summed E-state index contributed by atoms with van der Waals surface area (Å²) in [6, 6.07) is 14.4. The molecule has 0 aromatic heterocycles. The summed E-state index contributed by atoms with van der Waals surface area (Å²) < 4.78 is 39.1. The highest BCUT2D eigenvalue weighted by atomic mass is 17.3. The molecule has 8 aliphatic heterocycles. The first-order chi connectivity index (χ1) is 29.8. The first kappa shape index (κ1) is 42.6. The number of hydrogen-bond donors (Lipinski definition) is 2. The molecule has 16 atom stereocenters. The molecule has 2 saturated carbocycles. The Morgan fingerprint density at radius 1 is 0.597 bits per heavy atom. The second kappa shape index (κ2) is 16.3. The van der Waals surface area contributed by atoms with Gasteiger partial charge in [0.25, 0.3) is 11.8 Å². The van der Waals surface area contributed by atoms with Crippen molar-refractivity contribution in [2.75, 3.05) is 13.1 Å². The molecule has 8 unspecified atom stereocenters. The number of rotatable bonds is 11. The van der Waals surface area contributed by atoms with Crippen LogP contribution >= 0.6 is 0 Å². The Morgan fingerprint density at radius 3 is 1.47 bits per heavy atom. The molecule has 14 heteroatoms. The molecule has 10 fully saturated rings. The van der Waals surface area contributed by atoms with Gasteiger partial charge in [0.05, 0.1) is 0 Å². The SMILES string of the molecule is C[C@@H]1CCC2[C@@H](C)[C@@H](Oc3cccc(C(=O)NCCCCNC(=O)c4cccc(O[C@H]5OC6OC7(C)CCC8[C@H](C)CCC([C@H]5C)[C@@]68OO7)c4)c3)OC3OC4(C)CCC1[C@]32OO4. The number of benzene rings is 2. The molecule has 2 amide bonds. The minimum Gasteiger partial charge on any atom is -0.465 e. The van der Waals surface area contributed by atoms with Crippen LogP contribution in [0.3, 0.4) is 0 Å². The number of nitrogens with one attached hydrogen (secondary N) is 2. The summed E-state index contributed by atoms with van der Waals surface area (Å²) in [4.78, 5) is 50.9. The third-order valence-corrected chi connectivity index (χ3v) is 16.1. The van der Waals surface area contributed by atoms with E-state index in [2.05, 4.69) is 38.3 Å². The van der Waals surface area contributed by atoms with Gasteiger partial charge in [-0.3, -0.25) is 9.59 Å². The smallest absolute Gasteiger partial charge is 0.251 e. The minimum absolute atomic E-state index is 0.00519. The van der Waals surface area contributed by atoms with Gasteiger partial charge in [0, 0.05) is 60.7 Å². The van der Waals surface area contributed by atoms with Gasteiger partial charge in [0.15, 0.2) is 23.8 Å². The van der Waals surface area contributed by atoms with Crippen LogP contribution in [0.5, 0.6) is 11.5 Å². The molecular formula is C48H64N2O12. The molecule has 10 aliphatic rings. The Bertz CT molecular complexity index is 1860. The van der Waals surface area contributed by atoms with Crippen molar-refractivity contribution in [2.45, 2.75) is 154 Å². The fourth-order valence-corrected chi connectivity index (χ4v) is 12.6. The van der Waals surface area contributed by atoms with Crippen molar-refractivity contribution in [3.63, 3.8) is 0 Å². The van der Waals surface area contributed by atoms with E-state index in [4.69, 9.17) is 48.0 Å². The van der Waals surface area contributed by atoms with Gasteiger partial charge < -0.3 is 39.1 Å². The van der Waals surface area contributed by atoms with E-state index in [1.165, 1.54) is 0 Å². The standard InChI is InChI=1S/C48H64N2O12/c1-27-15-17-37-29(3)41(55-43-47(37)35(27)19-21-45(5,57-43)59-61-47)53-33-13-9-11-31(25-33)39(51)49-23-7-8-24-50-40(52)32-12-10-14-34(26-32)54-42-30(4)38-18-16-28(2)36-20-22-46(6)58-44(56-42)48(36,38)62-60-46/h9-14,25-30,35-38,41-44H,7-8,15-24H2,1-6H3,(H,49,51)(H,50,52)/t27-,28-,29-,30-,35?,36?,37?,38?,41+,42+,43?,44?,45?,46?,47-,48-/m1/s1. The number of amides is 2. The maximum atomic E-state index is 13.2. The molecule has 2 spiro atoms. The highest BCUT2D eigenvalue weighted by Crippen LogP contribution is 2.62. The zero-order valence-electron chi connectivity index (χ0n) is 36.9. The number of ether oxygens (including phenoxy) is 6. The average molecular weight is 861 g/mol. The van der Waals surface area contributed by atoms with Crippen molar-refractivity contribution in [1.29, 1.82) is 0 Å². The summed E-state index contributed by atoms with van der Waals surface area (Å²) in [5.41, 5.74) is -0.343. The lowest BCUT2D eigenvalue weighted by Gasteiger charge is -2.60. The zero-order chi connectivity index (χ0) is 43.0. The largest absolute Gasteiger partial charge is 0.465 e. The van der Waals surface area contributed by atoms with E-state index in [9.17, 15) is 9.59 Å². The third-order valence-electron chi connectivity index (χ3n) is 16.1. The van der Waals surface area contributed by atoms with Gasteiger partial charge in [0.1, 0.15) is 11.5 Å². The molecule has 8 heterocycles. The predicted molar refractivity (Wildman–Crippen MR) is 222 cm³/mol. The van der Waals surface area contributed by atoms with E-state index in [1.807, 2.05) is 38.1 Å². The zero-order valence-corrected chi connectivity index (χ0v) is 36.9. The number of fused-ring (bicyclic) bond motifs is 4. The van der Waals surface area contributed by atoms with Gasteiger partial charge >= 0.3 is 0 Å². The number of unbranched alkanes of at least 4 members (excludes halogenated alkanes) is 1. The molecule has 2 aromatic rings. The van der Waals surface area contributed by atoms with Crippen molar-refractivity contribution < 1.29 is 57.6 Å². The third kappa shape index (κ3) is 7.24. The van der Waals surface area contributed by atoms with Crippen LogP contribution in [0.1, 0.15) is 126 Å². The summed E-state index contributed by atoms with van der Waals surface area (Å²) in [5, 5.41) is 6.02. The van der Waals surface area contributed by atoms with E-state index in [0.29, 0.717) is 60.4 Å². The van der Waals surface area contributed by atoms with Crippen molar-refractivity contribution >= 4 is 11.8 Å². The van der Waals surface area contributed by atoms with E-state index in [-0.39, 0.29) is 47.3 Å². The fourth-order valence-electron chi connectivity index (χ4n) is 12.6.